The third-order valence-corrected chi connectivity index (χ3v) is 5.89. The molecule has 0 radical (unpaired) electrons. The lowest BCUT2D eigenvalue weighted by Crippen LogP contribution is -2.21. The van der Waals surface area contributed by atoms with Gasteiger partial charge < -0.3 is 9.67 Å². The summed E-state index contributed by atoms with van der Waals surface area (Å²) in [6.07, 6.45) is 2.44. The molecule has 0 amide bonds. The number of aliphatic carboxylic acids is 1. The fraction of sp³-hybridized carbons (Fsp3) is 0.727. The van der Waals surface area contributed by atoms with Crippen LogP contribution in [0.15, 0.2) is 0 Å². The maximum atomic E-state index is 12.5. The SMILES string of the molecule is CC#CC(C(=O)O)P(=O)(CCC)CCC. The maximum absolute atomic E-state index is 12.5. The van der Waals surface area contributed by atoms with Gasteiger partial charge in [-0.3, -0.25) is 4.79 Å². The summed E-state index contributed by atoms with van der Waals surface area (Å²) in [5, 5.41) is 9.02. The highest BCUT2D eigenvalue weighted by Gasteiger charge is 2.35. The Morgan fingerprint density at radius 3 is 2.07 bits per heavy atom. The van der Waals surface area contributed by atoms with Crippen LogP contribution in [0.1, 0.15) is 33.6 Å². The van der Waals surface area contributed by atoms with Crippen molar-refractivity contribution in [3.63, 3.8) is 0 Å². The molecule has 0 saturated heterocycles. The number of carbonyl (C=O) groups is 1. The minimum absolute atomic E-state index is 0.479. The molecule has 1 unspecified atom stereocenters. The van der Waals surface area contributed by atoms with E-state index in [4.69, 9.17) is 5.11 Å². The Morgan fingerprint density at radius 1 is 1.33 bits per heavy atom. The Morgan fingerprint density at radius 2 is 1.80 bits per heavy atom. The molecule has 0 spiro atoms. The van der Waals surface area contributed by atoms with Crippen molar-refractivity contribution >= 4 is 13.1 Å². The van der Waals surface area contributed by atoms with E-state index in [9.17, 15) is 9.36 Å². The van der Waals surface area contributed by atoms with Gasteiger partial charge in [-0.2, -0.15) is 0 Å². The molecule has 0 aliphatic rings. The normalized spacial score (nSPS) is 12.7. The third-order valence-electron chi connectivity index (χ3n) is 2.19. The van der Waals surface area contributed by atoms with Gasteiger partial charge in [-0.25, -0.2) is 0 Å². The van der Waals surface area contributed by atoms with Crippen LogP contribution in [0.3, 0.4) is 0 Å². The largest absolute Gasteiger partial charge is 0.480 e. The first-order chi connectivity index (χ1) is 7.01. The molecule has 3 nitrogen and oxygen atoms in total. The highest BCUT2D eigenvalue weighted by Crippen LogP contribution is 2.51. The second kappa shape index (κ2) is 6.69. The quantitative estimate of drug-likeness (QED) is 0.563. The summed E-state index contributed by atoms with van der Waals surface area (Å²) >= 11 is 0. The van der Waals surface area contributed by atoms with Gasteiger partial charge in [0.25, 0.3) is 0 Å². The molecule has 0 aromatic heterocycles. The molecule has 1 atom stereocenters. The molecule has 0 fully saturated rings. The molecule has 0 saturated carbocycles. The standard InChI is InChI=1S/C11H19O3P/c1-4-7-10(11(12)13)15(14,8-5-2)9-6-3/h10H,5-6,8-9H2,1-3H3,(H,12,13). The van der Waals surface area contributed by atoms with Gasteiger partial charge in [0.15, 0.2) is 5.66 Å². The van der Waals surface area contributed by atoms with E-state index in [-0.39, 0.29) is 0 Å². The van der Waals surface area contributed by atoms with E-state index in [0.29, 0.717) is 12.3 Å². The van der Waals surface area contributed by atoms with Crippen LogP contribution in [0.5, 0.6) is 0 Å². The lowest BCUT2D eigenvalue weighted by Gasteiger charge is -2.20. The lowest BCUT2D eigenvalue weighted by atomic mass is 10.4. The van der Waals surface area contributed by atoms with Crippen LogP contribution in [-0.2, 0) is 9.36 Å². The topological polar surface area (TPSA) is 54.4 Å². The molecule has 0 aromatic rings. The zero-order valence-electron chi connectivity index (χ0n) is 9.62. The van der Waals surface area contributed by atoms with Crippen molar-refractivity contribution in [2.24, 2.45) is 0 Å². The smallest absolute Gasteiger partial charge is 0.326 e. The van der Waals surface area contributed by atoms with Gasteiger partial charge in [0.1, 0.15) is 7.14 Å². The highest BCUT2D eigenvalue weighted by molar-refractivity contribution is 7.65. The average molecular weight is 230 g/mol. The molecule has 0 rings (SSSR count). The van der Waals surface area contributed by atoms with Gasteiger partial charge in [0.2, 0.25) is 0 Å². The van der Waals surface area contributed by atoms with Crippen LogP contribution in [-0.4, -0.2) is 29.1 Å². The summed E-state index contributed by atoms with van der Waals surface area (Å²) in [6, 6.07) is 0. The molecule has 0 heterocycles. The zero-order chi connectivity index (χ0) is 11.9. The summed E-state index contributed by atoms with van der Waals surface area (Å²) < 4.78 is 12.5. The molecule has 86 valence electrons. The van der Waals surface area contributed by atoms with Crippen LogP contribution in [0, 0.1) is 11.8 Å². The van der Waals surface area contributed by atoms with Crippen molar-refractivity contribution in [2.45, 2.75) is 39.3 Å². The van der Waals surface area contributed by atoms with Crippen molar-refractivity contribution in [1.82, 2.24) is 0 Å². The van der Waals surface area contributed by atoms with Gasteiger partial charge in [0, 0.05) is 12.3 Å². The second-order valence-corrected chi connectivity index (χ2v) is 6.85. The maximum Gasteiger partial charge on any atom is 0.326 e. The first-order valence-corrected chi connectivity index (χ1v) is 7.39. The van der Waals surface area contributed by atoms with Crippen LogP contribution in [0.25, 0.3) is 0 Å². The molecule has 0 aliphatic heterocycles. The molecule has 0 aromatic carbocycles. The Labute approximate surface area is 91.6 Å². The van der Waals surface area contributed by atoms with E-state index in [1.165, 1.54) is 0 Å². The summed E-state index contributed by atoms with van der Waals surface area (Å²) in [4.78, 5) is 11.0. The fourth-order valence-corrected chi connectivity index (χ4v) is 4.67. The van der Waals surface area contributed by atoms with Crippen LogP contribution in [0.2, 0.25) is 0 Å². The van der Waals surface area contributed by atoms with Gasteiger partial charge in [-0.1, -0.05) is 19.8 Å². The van der Waals surface area contributed by atoms with E-state index in [1.807, 2.05) is 13.8 Å². The fourth-order valence-electron chi connectivity index (χ4n) is 1.64. The van der Waals surface area contributed by atoms with Gasteiger partial charge in [-0.15, -0.1) is 5.92 Å². The van der Waals surface area contributed by atoms with E-state index in [2.05, 4.69) is 11.8 Å². The van der Waals surface area contributed by atoms with E-state index in [1.54, 1.807) is 6.92 Å². The summed E-state index contributed by atoms with van der Waals surface area (Å²) in [6.45, 7) is 5.42. The number of hydrogen-bond donors (Lipinski definition) is 1. The number of carboxylic acids is 1. The Balaban J connectivity index is 5.05. The molecule has 1 N–H and O–H groups in total. The average Bonchev–Trinajstić information content (AvgIpc) is 2.14. The van der Waals surface area contributed by atoms with Crippen LogP contribution >= 0.6 is 7.14 Å². The molecule has 0 bridgehead atoms. The van der Waals surface area contributed by atoms with Crippen molar-refractivity contribution in [1.29, 1.82) is 0 Å². The first-order valence-electron chi connectivity index (χ1n) is 5.24. The van der Waals surface area contributed by atoms with Crippen molar-refractivity contribution < 1.29 is 14.5 Å². The summed E-state index contributed by atoms with van der Waals surface area (Å²) in [5.74, 6) is 4.10. The number of rotatable bonds is 6. The number of carboxylic acid groups (broad SMARTS) is 1. The predicted molar refractivity (Wildman–Crippen MR) is 62.8 cm³/mol. The molecular formula is C11H19O3P. The third kappa shape index (κ3) is 4.10. The Hall–Kier alpha value is -0.740. The minimum Gasteiger partial charge on any atom is -0.480 e. The molecule has 0 aliphatic carbocycles. The van der Waals surface area contributed by atoms with E-state index >= 15 is 0 Å². The monoisotopic (exact) mass is 230 g/mol. The van der Waals surface area contributed by atoms with Crippen molar-refractivity contribution in [3.05, 3.63) is 0 Å². The number of hydrogen-bond acceptors (Lipinski definition) is 2. The van der Waals surface area contributed by atoms with Crippen LogP contribution in [0.4, 0.5) is 0 Å². The first kappa shape index (κ1) is 14.3. The van der Waals surface area contributed by atoms with Crippen LogP contribution < -0.4 is 0 Å². The molecule has 15 heavy (non-hydrogen) atoms. The van der Waals surface area contributed by atoms with E-state index in [0.717, 1.165) is 12.8 Å². The molecular weight excluding hydrogens is 211 g/mol. The lowest BCUT2D eigenvalue weighted by molar-refractivity contribution is -0.135. The zero-order valence-corrected chi connectivity index (χ0v) is 10.5. The van der Waals surface area contributed by atoms with Gasteiger partial charge >= 0.3 is 5.97 Å². The summed E-state index contributed by atoms with van der Waals surface area (Å²) in [7, 11) is -2.68. The van der Waals surface area contributed by atoms with Gasteiger partial charge in [-0.05, 0) is 19.8 Å². The predicted octanol–water partition coefficient (Wildman–Crippen LogP) is 2.65. The Kier molecular flexibility index (Phi) is 6.36. The van der Waals surface area contributed by atoms with Crippen molar-refractivity contribution in [3.8, 4) is 11.8 Å². The highest BCUT2D eigenvalue weighted by atomic mass is 31.2. The second-order valence-electron chi connectivity index (χ2n) is 3.53. The minimum atomic E-state index is -2.68. The summed E-state index contributed by atoms with van der Waals surface area (Å²) in [5.41, 5.74) is -0.970. The molecule has 4 heteroatoms. The van der Waals surface area contributed by atoms with Gasteiger partial charge in [0.05, 0.1) is 0 Å². The van der Waals surface area contributed by atoms with E-state index < -0.39 is 18.8 Å². The van der Waals surface area contributed by atoms with Crippen molar-refractivity contribution in [2.75, 3.05) is 12.3 Å². The Bertz CT molecular complexity index is 302.